The smallest absolute Gasteiger partial charge is 0.105 e. The minimum atomic E-state index is 0.484. The predicted octanol–water partition coefficient (Wildman–Crippen LogP) is 4.91. The lowest BCUT2D eigenvalue weighted by Crippen LogP contribution is -2.23. The van der Waals surface area contributed by atoms with Crippen LogP contribution in [0.3, 0.4) is 0 Å². The maximum Gasteiger partial charge on any atom is 0.105 e. The van der Waals surface area contributed by atoms with Crippen LogP contribution in [-0.2, 0) is 0 Å². The fourth-order valence-electron chi connectivity index (χ4n) is 3.38. The summed E-state index contributed by atoms with van der Waals surface area (Å²) >= 11 is 0. The molecule has 0 aromatic carbocycles. The third-order valence-corrected chi connectivity index (χ3v) is 4.43. The minimum Gasteiger partial charge on any atom is -0.466 e. The van der Waals surface area contributed by atoms with E-state index in [4.69, 9.17) is 4.42 Å². The van der Waals surface area contributed by atoms with Crippen LogP contribution in [0.4, 0.5) is 0 Å². The Morgan fingerprint density at radius 1 is 1.32 bits per heavy atom. The van der Waals surface area contributed by atoms with Crippen LogP contribution < -0.4 is 5.32 Å². The predicted molar refractivity (Wildman–Crippen MR) is 80.4 cm³/mol. The highest BCUT2D eigenvalue weighted by Gasteiger charge is 2.20. The Labute approximate surface area is 118 Å². The fraction of sp³-hybridized carbons (Fsp3) is 0.765. The highest BCUT2D eigenvalue weighted by atomic mass is 16.3. The molecule has 1 atom stereocenters. The molecule has 108 valence electrons. The molecule has 1 aromatic rings. The van der Waals surface area contributed by atoms with Gasteiger partial charge in [-0.05, 0) is 51.6 Å². The van der Waals surface area contributed by atoms with Gasteiger partial charge in [0.25, 0.3) is 0 Å². The summed E-state index contributed by atoms with van der Waals surface area (Å²) < 4.78 is 5.71. The van der Waals surface area contributed by atoms with Crippen LogP contribution in [0.2, 0.25) is 0 Å². The lowest BCUT2D eigenvalue weighted by molar-refractivity contribution is 0.405. The van der Waals surface area contributed by atoms with E-state index >= 15 is 0 Å². The molecule has 1 saturated carbocycles. The number of furan rings is 1. The van der Waals surface area contributed by atoms with Crippen molar-refractivity contribution in [2.45, 2.75) is 71.8 Å². The van der Waals surface area contributed by atoms with Gasteiger partial charge in [-0.25, -0.2) is 0 Å². The van der Waals surface area contributed by atoms with Gasteiger partial charge in [0.15, 0.2) is 0 Å². The Morgan fingerprint density at radius 3 is 2.63 bits per heavy atom. The van der Waals surface area contributed by atoms with E-state index in [1.165, 1.54) is 50.5 Å². The number of nitrogens with one attached hydrogen (secondary N) is 1. The van der Waals surface area contributed by atoms with Gasteiger partial charge in [0.1, 0.15) is 11.5 Å². The minimum absolute atomic E-state index is 0.484. The lowest BCUT2D eigenvalue weighted by Gasteiger charge is -2.20. The van der Waals surface area contributed by atoms with Crippen LogP contribution in [0.15, 0.2) is 10.5 Å². The third-order valence-electron chi connectivity index (χ3n) is 4.43. The van der Waals surface area contributed by atoms with Gasteiger partial charge in [0.2, 0.25) is 0 Å². The van der Waals surface area contributed by atoms with Gasteiger partial charge in [0, 0.05) is 11.6 Å². The molecule has 19 heavy (non-hydrogen) atoms. The second-order valence-corrected chi connectivity index (χ2v) is 6.10. The van der Waals surface area contributed by atoms with E-state index in [0.717, 1.165) is 24.0 Å². The van der Waals surface area contributed by atoms with Crippen LogP contribution in [0, 0.1) is 19.8 Å². The molecule has 1 fully saturated rings. The second-order valence-electron chi connectivity index (χ2n) is 6.10. The van der Waals surface area contributed by atoms with Crippen molar-refractivity contribution in [1.82, 2.24) is 5.32 Å². The first-order chi connectivity index (χ1) is 9.20. The van der Waals surface area contributed by atoms with E-state index in [1.54, 1.807) is 0 Å². The van der Waals surface area contributed by atoms with Crippen molar-refractivity contribution in [2.24, 2.45) is 5.92 Å². The number of rotatable bonds is 7. The summed E-state index contributed by atoms with van der Waals surface area (Å²) in [6.07, 6.45) is 9.60. The molecule has 1 aliphatic rings. The molecule has 1 unspecified atom stereocenters. The van der Waals surface area contributed by atoms with Crippen molar-refractivity contribution in [3.63, 3.8) is 0 Å². The highest BCUT2D eigenvalue weighted by Crippen LogP contribution is 2.32. The maximum atomic E-state index is 5.71. The Morgan fingerprint density at radius 2 is 2.05 bits per heavy atom. The molecular weight excluding hydrogens is 234 g/mol. The van der Waals surface area contributed by atoms with E-state index in [9.17, 15) is 0 Å². The van der Waals surface area contributed by atoms with Gasteiger partial charge in [-0.3, -0.25) is 0 Å². The molecule has 0 spiro atoms. The maximum absolute atomic E-state index is 5.71. The summed E-state index contributed by atoms with van der Waals surface area (Å²) in [6.45, 7) is 7.47. The van der Waals surface area contributed by atoms with Crippen molar-refractivity contribution < 1.29 is 4.42 Å². The molecule has 1 aromatic heterocycles. The normalized spacial score (nSPS) is 18.1. The zero-order valence-corrected chi connectivity index (χ0v) is 12.8. The molecule has 0 radical (unpaired) electrons. The monoisotopic (exact) mass is 263 g/mol. The SMILES string of the molecule is CCCNC(CCC1CCCC1)c1cc(C)oc1C. The van der Waals surface area contributed by atoms with Gasteiger partial charge in [-0.15, -0.1) is 0 Å². The van der Waals surface area contributed by atoms with E-state index in [0.29, 0.717) is 6.04 Å². The average molecular weight is 263 g/mol. The van der Waals surface area contributed by atoms with E-state index in [1.807, 2.05) is 6.92 Å². The largest absolute Gasteiger partial charge is 0.466 e. The van der Waals surface area contributed by atoms with Gasteiger partial charge in [-0.2, -0.15) is 0 Å². The second kappa shape index (κ2) is 7.14. The van der Waals surface area contributed by atoms with Crippen molar-refractivity contribution in [3.8, 4) is 0 Å². The van der Waals surface area contributed by atoms with E-state index in [2.05, 4.69) is 25.2 Å². The first kappa shape index (κ1) is 14.6. The molecule has 2 heteroatoms. The first-order valence-corrected chi connectivity index (χ1v) is 8.01. The third kappa shape index (κ3) is 4.10. The molecule has 1 aliphatic carbocycles. The standard InChI is InChI=1S/C17H29NO/c1-4-11-18-17(10-9-15-7-5-6-8-15)16-12-13(2)19-14(16)3/h12,15,17-18H,4-11H2,1-3H3. The Balaban J connectivity index is 1.96. The molecule has 2 nitrogen and oxygen atoms in total. The van der Waals surface area contributed by atoms with Crippen LogP contribution >= 0.6 is 0 Å². The Hall–Kier alpha value is -0.760. The van der Waals surface area contributed by atoms with Crippen LogP contribution in [0.5, 0.6) is 0 Å². The van der Waals surface area contributed by atoms with Crippen molar-refractivity contribution in [1.29, 1.82) is 0 Å². The highest BCUT2D eigenvalue weighted by molar-refractivity contribution is 5.24. The van der Waals surface area contributed by atoms with Crippen molar-refractivity contribution in [3.05, 3.63) is 23.2 Å². The number of aryl methyl sites for hydroxylation is 2. The van der Waals surface area contributed by atoms with E-state index in [-0.39, 0.29) is 0 Å². The zero-order chi connectivity index (χ0) is 13.7. The van der Waals surface area contributed by atoms with Crippen LogP contribution in [0.25, 0.3) is 0 Å². The van der Waals surface area contributed by atoms with Crippen LogP contribution in [0.1, 0.15) is 75.0 Å². The fourth-order valence-corrected chi connectivity index (χ4v) is 3.38. The average Bonchev–Trinajstić information content (AvgIpc) is 3.00. The Kier molecular flexibility index (Phi) is 5.50. The summed E-state index contributed by atoms with van der Waals surface area (Å²) in [7, 11) is 0. The summed E-state index contributed by atoms with van der Waals surface area (Å²) in [5.41, 5.74) is 1.38. The molecule has 1 N–H and O–H groups in total. The molecule has 0 bridgehead atoms. The van der Waals surface area contributed by atoms with Crippen LogP contribution in [-0.4, -0.2) is 6.54 Å². The number of hydrogen-bond donors (Lipinski definition) is 1. The molecule has 1 heterocycles. The molecule has 0 aliphatic heterocycles. The topological polar surface area (TPSA) is 25.2 Å². The summed E-state index contributed by atoms with van der Waals surface area (Å²) in [4.78, 5) is 0. The number of hydrogen-bond acceptors (Lipinski definition) is 2. The Bertz CT molecular complexity index is 377. The van der Waals surface area contributed by atoms with Gasteiger partial charge < -0.3 is 9.73 Å². The van der Waals surface area contributed by atoms with Crippen molar-refractivity contribution >= 4 is 0 Å². The summed E-state index contributed by atoms with van der Waals surface area (Å²) in [5.74, 6) is 3.11. The van der Waals surface area contributed by atoms with Crippen molar-refractivity contribution in [2.75, 3.05) is 6.54 Å². The molecule has 2 rings (SSSR count). The summed E-state index contributed by atoms with van der Waals surface area (Å²) in [5, 5.41) is 3.70. The quantitative estimate of drug-likeness (QED) is 0.756. The van der Waals surface area contributed by atoms with Gasteiger partial charge >= 0.3 is 0 Å². The first-order valence-electron chi connectivity index (χ1n) is 8.01. The summed E-state index contributed by atoms with van der Waals surface area (Å²) in [6, 6.07) is 2.70. The van der Waals surface area contributed by atoms with E-state index < -0.39 is 0 Å². The molecular formula is C17H29NO. The molecule has 0 saturated heterocycles. The van der Waals surface area contributed by atoms with Gasteiger partial charge in [0.05, 0.1) is 0 Å². The van der Waals surface area contributed by atoms with Gasteiger partial charge in [-0.1, -0.05) is 32.6 Å². The lowest BCUT2D eigenvalue weighted by atomic mass is 9.95. The zero-order valence-electron chi connectivity index (χ0n) is 12.8. The molecule has 0 amide bonds.